The number of benzene rings is 1. The van der Waals surface area contributed by atoms with Crippen molar-refractivity contribution in [2.75, 3.05) is 5.73 Å². The summed E-state index contributed by atoms with van der Waals surface area (Å²) >= 11 is 9.54. The maximum atomic E-state index is 6.13. The molecule has 1 aromatic heterocycles. The molecule has 2 rings (SSSR count). The molecule has 1 unspecified atom stereocenters. The number of hydrogen-bond acceptors (Lipinski definition) is 4. The minimum atomic E-state index is -0.317. The fraction of sp³-hybridized carbons (Fsp3) is 0.182. The lowest BCUT2D eigenvalue weighted by Crippen LogP contribution is -2.31. The number of halogens is 2. The summed E-state index contributed by atoms with van der Waals surface area (Å²) in [4.78, 5) is 0. The Morgan fingerprint density at radius 2 is 2.22 bits per heavy atom. The van der Waals surface area contributed by atoms with E-state index in [4.69, 9.17) is 23.2 Å². The number of nitrogens with two attached hydrogens (primary N) is 2. The van der Waals surface area contributed by atoms with Crippen LogP contribution >= 0.6 is 27.5 Å². The number of hydrazine groups is 1. The molecule has 0 aliphatic heterocycles. The maximum Gasteiger partial charge on any atom is 0.0913 e. The van der Waals surface area contributed by atoms with Crippen molar-refractivity contribution in [2.24, 2.45) is 12.9 Å². The number of nitrogens with one attached hydrogen (secondary N) is 1. The van der Waals surface area contributed by atoms with Crippen molar-refractivity contribution < 1.29 is 0 Å². The predicted molar refractivity (Wildman–Crippen MR) is 75.9 cm³/mol. The molecule has 0 aliphatic carbocycles. The molecule has 96 valence electrons. The summed E-state index contributed by atoms with van der Waals surface area (Å²) < 4.78 is 2.60. The monoisotopic (exact) mass is 329 g/mol. The molecular weight excluding hydrogens is 318 g/mol. The molecule has 0 aliphatic rings. The molecule has 2 aromatic rings. The van der Waals surface area contributed by atoms with E-state index in [9.17, 15) is 0 Å². The van der Waals surface area contributed by atoms with E-state index in [2.05, 4.69) is 26.5 Å². The van der Waals surface area contributed by atoms with E-state index in [1.54, 1.807) is 17.9 Å². The highest BCUT2D eigenvalue weighted by atomic mass is 79.9. The number of aryl methyl sites for hydroxylation is 1. The molecule has 0 bridgehead atoms. The molecule has 0 fully saturated rings. The second kappa shape index (κ2) is 5.27. The van der Waals surface area contributed by atoms with Crippen molar-refractivity contribution in [3.8, 4) is 0 Å². The van der Waals surface area contributed by atoms with E-state index in [1.807, 2.05) is 18.2 Å². The third kappa shape index (κ3) is 2.37. The smallest absolute Gasteiger partial charge is 0.0913 e. The number of aromatic nitrogens is 2. The minimum absolute atomic E-state index is 0.317. The van der Waals surface area contributed by atoms with Gasteiger partial charge < -0.3 is 5.73 Å². The SMILES string of the molecule is Cn1ncc(Cl)c1C(NN)c1cc(Br)ccc1N. The van der Waals surface area contributed by atoms with Gasteiger partial charge in [0.05, 0.1) is 23.0 Å². The van der Waals surface area contributed by atoms with Crippen LogP contribution in [0, 0.1) is 0 Å². The average Bonchev–Trinajstić information content (AvgIpc) is 2.66. The second-order valence-corrected chi connectivity index (χ2v) is 5.20. The molecule has 0 amide bonds. The van der Waals surface area contributed by atoms with Crippen LogP contribution in [0.15, 0.2) is 28.9 Å². The number of hydrogen-bond donors (Lipinski definition) is 3. The lowest BCUT2D eigenvalue weighted by atomic mass is 10.0. The largest absolute Gasteiger partial charge is 0.398 e. The van der Waals surface area contributed by atoms with E-state index < -0.39 is 0 Å². The van der Waals surface area contributed by atoms with Crippen molar-refractivity contribution in [3.05, 3.63) is 45.1 Å². The van der Waals surface area contributed by atoms with Gasteiger partial charge in [0.25, 0.3) is 0 Å². The number of nitrogens with zero attached hydrogens (tertiary/aromatic N) is 2. The number of rotatable bonds is 3. The zero-order chi connectivity index (χ0) is 13.3. The highest BCUT2D eigenvalue weighted by Crippen LogP contribution is 2.32. The molecule has 5 N–H and O–H groups in total. The van der Waals surface area contributed by atoms with Crippen LogP contribution in [0.1, 0.15) is 17.3 Å². The van der Waals surface area contributed by atoms with Gasteiger partial charge in [-0.05, 0) is 18.2 Å². The van der Waals surface area contributed by atoms with Gasteiger partial charge in [-0.2, -0.15) is 5.10 Å². The van der Waals surface area contributed by atoms with E-state index >= 15 is 0 Å². The van der Waals surface area contributed by atoms with E-state index in [-0.39, 0.29) is 6.04 Å². The van der Waals surface area contributed by atoms with Gasteiger partial charge in [-0.15, -0.1) is 0 Å². The lowest BCUT2D eigenvalue weighted by molar-refractivity contribution is 0.576. The summed E-state index contributed by atoms with van der Waals surface area (Å²) in [6.45, 7) is 0. The summed E-state index contributed by atoms with van der Waals surface area (Å²) in [5, 5.41) is 4.64. The maximum absolute atomic E-state index is 6.13. The van der Waals surface area contributed by atoms with Gasteiger partial charge in [0, 0.05) is 22.8 Å². The van der Waals surface area contributed by atoms with Crippen molar-refractivity contribution in [1.29, 1.82) is 0 Å². The van der Waals surface area contributed by atoms with Gasteiger partial charge in [-0.1, -0.05) is 27.5 Å². The van der Waals surface area contributed by atoms with Crippen LogP contribution in [0.25, 0.3) is 0 Å². The van der Waals surface area contributed by atoms with Crippen molar-refractivity contribution in [2.45, 2.75) is 6.04 Å². The number of anilines is 1. The predicted octanol–water partition coefficient (Wildman–Crippen LogP) is 1.97. The zero-order valence-electron chi connectivity index (χ0n) is 9.69. The van der Waals surface area contributed by atoms with Crippen LogP contribution < -0.4 is 17.0 Å². The van der Waals surface area contributed by atoms with Crippen LogP contribution in [0.2, 0.25) is 5.02 Å². The second-order valence-electron chi connectivity index (χ2n) is 3.87. The normalized spacial score (nSPS) is 12.7. The first kappa shape index (κ1) is 13.4. The molecule has 0 spiro atoms. The summed E-state index contributed by atoms with van der Waals surface area (Å²) in [6, 6.07) is 5.27. The van der Waals surface area contributed by atoms with Crippen LogP contribution in [-0.2, 0) is 7.05 Å². The van der Waals surface area contributed by atoms with Crippen molar-refractivity contribution >= 4 is 33.2 Å². The molecule has 0 saturated carbocycles. The molecule has 5 nitrogen and oxygen atoms in total. The van der Waals surface area contributed by atoms with Crippen LogP contribution in [0.3, 0.4) is 0 Å². The van der Waals surface area contributed by atoms with Gasteiger partial charge in [-0.3, -0.25) is 10.5 Å². The first-order valence-electron chi connectivity index (χ1n) is 5.23. The Balaban J connectivity index is 2.55. The molecule has 1 atom stereocenters. The van der Waals surface area contributed by atoms with Crippen LogP contribution in [-0.4, -0.2) is 9.78 Å². The summed E-state index contributed by atoms with van der Waals surface area (Å²) in [5.41, 5.74) is 11.0. The highest BCUT2D eigenvalue weighted by molar-refractivity contribution is 9.10. The zero-order valence-corrected chi connectivity index (χ0v) is 12.0. The highest BCUT2D eigenvalue weighted by Gasteiger charge is 2.21. The van der Waals surface area contributed by atoms with Crippen LogP contribution in [0.5, 0.6) is 0 Å². The van der Waals surface area contributed by atoms with Crippen molar-refractivity contribution in [1.82, 2.24) is 15.2 Å². The number of nitrogen functional groups attached to an aromatic ring is 1. The van der Waals surface area contributed by atoms with Gasteiger partial charge in [-0.25, -0.2) is 5.43 Å². The molecule has 7 heteroatoms. The molecule has 18 heavy (non-hydrogen) atoms. The van der Waals surface area contributed by atoms with Gasteiger partial charge in [0.2, 0.25) is 0 Å². The molecule has 1 heterocycles. The first-order valence-corrected chi connectivity index (χ1v) is 6.40. The molecule has 0 saturated heterocycles. The fourth-order valence-corrected chi connectivity index (χ4v) is 2.51. The quantitative estimate of drug-likeness (QED) is 0.456. The summed E-state index contributed by atoms with van der Waals surface area (Å²) in [5.74, 6) is 5.63. The topological polar surface area (TPSA) is 81.9 Å². The van der Waals surface area contributed by atoms with Gasteiger partial charge in [0.1, 0.15) is 0 Å². The lowest BCUT2D eigenvalue weighted by Gasteiger charge is -2.19. The first-order chi connectivity index (χ1) is 8.54. The Bertz CT molecular complexity index is 549. The fourth-order valence-electron chi connectivity index (χ4n) is 1.86. The summed E-state index contributed by atoms with van der Waals surface area (Å²) in [7, 11) is 1.81. The molecule has 0 radical (unpaired) electrons. The van der Waals surface area contributed by atoms with Crippen molar-refractivity contribution in [3.63, 3.8) is 0 Å². The van der Waals surface area contributed by atoms with E-state index in [0.29, 0.717) is 10.7 Å². The Morgan fingerprint density at radius 1 is 1.50 bits per heavy atom. The minimum Gasteiger partial charge on any atom is -0.398 e. The van der Waals surface area contributed by atoms with Gasteiger partial charge in [0.15, 0.2) is 0 Å². The molecular formula is C11H13BrClN5. The molecule has 1 aromatic carbocycles. The third-order valence-electron chi connectivity index (χ3n) is 2.74. The standard InChI is InChI=1S/C11H13BrClN5/c1-18-11(8(13)5-16-18)10(17-15)7-4-6(12)2-3-9(7)14/h2-5,10,17H,14-15H2,1H3. The summed E-state index contributed by atoms with van der Waals surface area (Å²) in [6.07, 6.45) is 1.58. The Hall–Kier alpha value is -1.08. The third-order valence-corrected chi connectivity index (χ3v) is 3.52. The Labute approximate surface area is 118 Å². The van der Waals surface area contributed by atoms with E-state index in [0.717, 1.165) is 15.7 Å². The average molecular weight is 331 g/mol. The van der Waals surface area contributed by atoms with Gasteiger partial charge >= 0.3 is 0 Å². The Kier molecular flexibility index (Phi) is 3.91. The Morgan fingerprint density at radius 3 is 2.78 bits per heavy atom. The van der Waals surface area contributed by atoms with Crippen LogP contribution in [0.4, 0.5) is 5.69 Å². The van der Waals surface area contributed by atoms with E-state index in [1.165, 1.54) is 0 Å².